The molecule has 31 heavy (non-hydrogen) atoms. The van der Waals surface area contributed by atoms with Gasteiger partial charge in [0.25, 0.3) is 11.8 Å². The van der Waals surface area contributed by atoms with Crippen molar-refractivity contribution < 1.29 is 32.3 Å². The Morgan fingerprint density at radius 3 is 2.42 bits per heavy atom. The first-order valence-electron chi connectivity index (χ1n) is 10.1. The highest BCUT2D eigenvalue weighted by Gasteiger charge is 2.23. The summed E-state index contributed by atoms with van der Waals surface area (Å²) in [6.07, 6.45) is -0.0684. The maximum absolute atomic E-state index is 12.5. The van der Waals surface area contributed by atoms with Crippen LogP contribution in [0.3, 0.4) is 0 Å². The van der Waals surface area contributed by atoms with Crippen LogP contribution in [0.4, 0.5) is 0 Å². The quantitative estimate of drug-likeness (QED) is 0.529. The highest BCUT2D eigenvalue weighted by Crippen LogP contribution is 2.16. The van der Waals surface area contributed by atoms with Crippen LogP contribution in [-0.2, 0) is 29.1 Å². The number of carbonyl (C=O) groups is 3. The smallest absolute Gasteiger partial charge is 0.325 e. The third kappa shape index (κ3) is 6.74. The van der Waals surface area contributed by atoms with E-state index in [-0.39, 0.29) is 22.5 Å². The molecule has 2 amide bonds. The lowest BCUT2D eigenvalue weighted by Crippen LogP contribution is -2.46. The molecule has 0 radical (unpaired) electrons. The largest absolute Gasteiger partial charge is 0.454 e. The molecule has 1 aliphatic heterocycles. The van der Waals surface area contributed by atoms with Crippen molar-refractivity contribution >= 4 is 27.8 Å². The number of morpholine rings is 1. The lowest BCUT2D eigenvalue weighted by Gasteiger charge is -2.30. The minimum absolute atomic E-state index is 0.0684. The summed E-state index contributed by atoms with van der Waals surface area (Å²) in [6.45, 7) is 6.54. The molecule has 0 aliphatic carbocycles. The number of nitrogens with zero attached hydrogens (tertiary/aromatic N) is 2. The number of benzene rings is 1. The van der Waals surface area contributed by atoms with E-state index in [1.54, 1.807) is 18.7 Å². The van der Waals surface area contributed by atoms with Gasteiger partial charge in [-0.1, -0.05) is 13.8 Å². The first-order chi connectivity index (χ1) is 14.7. The lowest BCUT2D eigenvalue weighted by molar-refractivity contribution is -0.154. The monoisotopic (exact) mass is 455 g/mol. The average Bonchev–Trinajstić information content (AvgIpc) is 2.76. The molecule has 1 saturated heterocycles. The van der Waals surface area contributed by atoms with E-state index in [0.29, 0.717) is 32.8 Å². The third-order valence-electron chi connectivity index (χ3n) is 4.80. The van der Waals surface area contributed by atoms with E-state index in [1.165, 1.54) is 28.6 Å². The average molecular weight is 456 g/mol. The second-order valence-electron chi connectivity index (χ2n) is 6.98. The molecule has 1 atom stereocenters. The maximum atomic E-state index is 12.5. The molecule has 1 aromatic carbocycles. The van der Waals surface area contributed by atoms with Gasteiger partial charge in [-0.3, -0.25) is 14.4 Å². The molecule has 1 heterocycles. The van der Waals surface area contributed by atoms with Gasteiger partial charge in [0.2, 0.25) is 10.0 Å². The number of amides is 2. The van der Waals surface area contributed by atoms with E-state index in [4.69, 9.17) is 9.47 Å². The van der Waals surface area contributed by atoms with Crippen LogP contribution >= 0.6 is 0 Å². The van der Waals surface area contributed by atoms with Gasteiger partial charge in [-0.05, 0) is 31.2 Å². The van der Waals surface area contributed by atoms with Gasteiger partial charge in [-0.25, -0.2) is 8.42 Å². The van der Waals surface area contributed by atoms with Gasteiger partial charge in [0.05, 0.1) is 17.6 Å². The molecule has 1 aliphatic rings. The second-order valence-corrected chi connectivity index (χ2v) is 8.92. The van der Waals surface area contributed by atoms with Crippen molar-refractivity contribution in [3.8, 4) is 0 Å². The highest BCUT2D eigenvalue weighted by atomic mass is 32.2. The standard InChI is InChI=1S/C20H29N3O7S/c1-4-23(5-2)31(27,28)17-8-6-16(7-9-17)20(26)21-12-19(25)30-14-18(24)22-10-11-29-15(3)13-22/h6-9,15H,4-5,10-14H2,1-3H3,(H,21,26). The van der Waals surface area contributed by atoms with Gasteiger partial charge in [0, 0.05) is 31.7 Å². The van der Waals surface area contributed by atoms with Gasteiger partial charge in [-0.2, -0.15) is 4.31 Å². The summed E-state index contributed by atoms with van der Waals surface area (Å²) in [7, 11) is -3.61. The van der Waals surface area contributed by atoms with E-state index in [0.717, 1.165) is 0 Å². The Morgan fingerprint density at radius 2 is 1.84 bits per heavy atom. The van der Waals surface area contributed by atoms with Crippen LogP contribution in [-0.4, -0.2) is 87.4 Å². The van der Waals surface area contributed by atoms with Gasteiger partial charge in [0.1, 0.15) is 6.54 Å². The van der Waals surface area contributed by atoms with Gasteiger partial charge in [0.15, 0.2) is 6.61 Å². The Kier molecular flexibility index (Phi) is 8.96. The van der Waals surface area contributed by atoms with Crippen molar-refractivity contribution in [2.24, 2.45) is 0 Å². The van der Waals surface area contributed by atoms with Crippen LogP contribution in [0.15, 0.2) is 29.2 Å². The molecule has 0 bridgehead atoms. The molecule has 2 rings (SSSR count). The summed E-state index contributed by atoms with van der Waals surface area (Å²) in [6, 6.07) is 5.45. The summed E-state index contributed by atoms with van der Waals surface area (Å²) in [4.78, 5) is 37.8. The fourth-order valence-electron chi connectivity index (χ4n) is 3.07. The maximum Gasteiger partial charge on any atom is 0.325 e. The summed E-state index contributed by atoms with van der Waals surface area (Å²) in [5, 5.41) is 2.39. The normalized spacial score (nSPS) is 16.8. The number of nitrogens with one attached hydrogen (secondary N) is 1. The first kappa shape index (κ1) is 24.8. The van der Waals surface area contributed by atoms with E-state index < -0.39 is 35.1 Å². The van der Waals surface area contributed by atoms with Gasteiger partial charge in [-0.15, -0.1) is 0 Å². The number of carbonyl (C=O) groups excluding carboxylic acids is 3. The van der Waals surface area contributed by atoms with Crippen molar-refractivity contribution in [2.75, 3.05) is 45.9 Å². The van der Waals surface area contributed by atoms with Crippen molar-refractivity contribution in [3.63, 3.8) is 0 Å². The van der Waals surface area contributed by atoms with Crippen LogP contribution < -0.4 is 5.32 Å². The summed E-state index contributed by atoms with van der Waals surface area (Å²) < 4.78 is 36.5. The zero-order valence-corrected chi connectivity index (χ0v) is 18.8. The molecule has 0 spiro atoms. The van der Waals surface area contributed by atoms with E-state index in [2.05, 4.69) is 5.32 Å². The Hall–Kier alpha value is -2.50. The van der Waals surface area contributed by atoms with Gasteiger partial charge < -0.3 is 19.7 Å². The molecular formula is C20H29N3O7S. The lowest BCUT2D eigenvalue weighted by atomic mass is 10.2. The van der Waals surface area contributed by atoms with Crippen LogP contribution in [0, 0.1) is 0 Å². The molecule has 11 heteroatoms. The third-order valence-corrected chi connectivity index (χ3v) is 6.87. The fourth-order valence-corrected chi connectivity index (χ4v) is 4.53. The minimum atomic E-state index is -3.61. The zero-order valence-electron chi connectivity index (χ0n) is 18.0. The van der Waals surface area contributed by atoms with Crippen LogP contribution in [0.25, 0.3) is 0 Å². The number of rotatable bonds is 9. The molecule has 1 unspecified atom stereocenters. The van der Waals surface area contributed by atoms with Crippen molar-refractivity contribution in [1.29, 1.82) is 0 Å². The second kappa shape index (κ2) is 11.2. The Balaban J connectivity index is 1.82. The number of hydrogen-bond donors (Lipinski definition) is 1. The predicted octanol–water partition coefficient (Wildman–Crippen LogP) is 0.237. The summed E-state index contributed by atoms with van der Waals surface area (Å²) in [5.74, 6) is -1.62. The van der Waals surface area contributed by atoms with E-state index in [1.807, 2.05) is 6.92 Å². The van der Waals surface area contributed by atoms with Crippen molar-refractivity contribution in [1.82, 2.24) is 14.5 Å². The first-order valence-corrected chi connectivity index (χ1v) is 11.6. The minimum Gasteiger partial charge on any atom is -0.454 e. The Labute approximate surface area is 182 Å². The van der Waals surface area contributed by atoms with Gasteiger partial charge >= 0.3 is 5.97 Å². The van der Waals surface area contributed by atoms with Crippen LogP contribution in [0.1, 0.15) is 31.1 Å². The molecule has 0 aromatic heterocycles. The zero-order chi connectivity index (χ0) is 23.0. The van der Waals surface area contributed by atoms with Crippen molar-refractivity contribution in [2.45, 2.75) is 31.8 Å². The topological polar surface area (TPSA) is 122 Å². The highest BCUT2D eigenvalue weighted by molar-refractivity contribution is 7.89. The fraction of sp³-hybridized carbons (Fsp3) is 0.550. The predicted molar refractivity (Wildman–Crippen MR) is 112 cm³/mol. The molecule has 1 fully saturated rings. The number of esters is 1. The summed E-state index contributed by atoms with van der Waals surface area (Å²) in [5.41, 5.74) is 0.199. The van der Waals surface area contributed by atoms with Crippen LogP contribution in [0.2, 0.25) is 0 Å². The molecule has 1 N–H and O–H groups in total. The Morgan fingerprint density at radius 1 is 1.19 bits per heavy atom. The molecule has 10 nitrogen and oxygen atoms in total. The van der Waals surface area contributed by atoms with E-state index >= 15 is 0 Å². The van der Waals surface area contributed by atoms with E-state index in [9.17, 15) is 22.8 Å². The molecule has 1 aromatic rings. The molecule has 172 valence electrons. The van der Waals surface area contributed by atoms with Crippen LogP contribution in [0.5, 0.6) is 0 Å². The number of hydrogen-bond acceptors (Lipinski definition) is 7. The Bertz CT molecular complexity index is 883. The molecule has 0 saturated carbocycles. The number of sulfonamides is 1. The summed E-state index contributed by atoms with van der Waals surface area (Å²) >= 11 is 0. The number of ether oxygens (including phenoxy) is 2. The van der Waals surface area contributed by atoms with Crippen molar-refractivity contribution in [3.05, 3.63) is 29.8 Å². The molecular weight excluding hydrogens is 426 g/mol. The SMILES string of the molecule is CCN(CC)S(=O)(=O)c1ccc(C(=O)NCC(=O)OCC(=O)N2CCOC(C)C2)cc1.